The first kappa shape index (κ1) is 22.6. The van der Waals surface area contributed by atoms with Gasteiger partial charge in [0.2, 0.25) is 5.91 Å². The van der Waals surface area contributed by atoms with Crippen LogP contribution in [-0.4, -0.2) is 51.0 Å². The number of carbonyl (C=O) groups is 1. The van der Waals surface area contributed by atoms with E-state index in [-0.39, 0.29) is 11.9 Å². The van der Waals surface area contributed by atoms with E-state index in [1.807, 2.05) is 24.3 Å². The maximum atomic E-state index is 12.7. The molecule has 0 bridgehead atoms. The fraction of sp³-hybridized carbons (Fsp3) is 0.458. The Morgan fingerprint density at radius 2 is 1.97 bits per heavy atom. The fourth-order valence-electron chi connectivity index (χ4n) is 4.22. The highest BCUT2D eigenvalue weighted by Gasteiger charge is 2.25. The number of nitrogens with zero attached hydrogens (tertiary/aromatic N) is 4. The summed E-state index contributed by atoms with van der Waals surface area (Å²) in [5, 5.41) is 12.6. The van der Waals surface area contributed by atoms with Crippen molar-refractivity contribution in [2.75, 3.05) is 25.4 Å². The molecule has 7 nitrogen and oxygen atoms in total. The molecule has 1 aliphatic heterocycles. The first-order valence-corrected chi connectivity index (χ1v) is 12.3. The second-order valence-corrected chi connectivity index (χ2v) is 9.03. The van der Waals surface area contributed by atoms with Crippen LogP contribution in [0.5, 0.6) is 0 Å². The SMILES string of the molecule is CCn1c(SCC(=O)NCC(c2ccco2)N2CCCCC2)nnc1-c1ccccc1C. The number of furan rings is 1. The number of piperidine rings is 1. The highest BCUT2D eigenvalue weighted by Crippen LogP contribution is 2.27. The molecule has 8 heteroatoms. The molecular formula is C24H31N5O2S. The van der Waals surface area contributed by atoms with E-state index in [2.05, 4.69) is 51.0 Å². The summed E-state index contributed by atoms with van der Waals surface area (Å²) >= 11 is 1.43. The first-order chi connectivity index (χ1) is 15.7. The number of benzene rings is 1. The van der Waals surface area contributed by atoms with Crippen LogP contribution in [-0.2, 0) is 11.3 Å². The van der Waals surface area contributed by atoms with Gasteiger partial charge in [-0.15, -0.1) is 10.2 Å². The molecule has 1 N–H and O–H groups in total. The Balaban J connectivity index is 1.37. The van der Waals surface area contributed by atoms with Gasteiger partial charge in [0, 0.05) is 18.7 Å². The number of rotatable bonds is 9. The molecule has 1 saturated heterocycles. The summed E-state index contributed by atoms with van der Waals surface area (Å²) in [5.41, 5.74) is 2.23. The number of hydrogen-bond donors (Lipinski definition) is 1. The van der Waals surface area contributed by atoms with Crippen LogP contribution in [0.3, 0.4) is 0 Å². The summed E-state index contributed by atoms with van der Waals surface area (Å²) < 4.78 is 7.74. The smallest absolute Gasteiger partial charge is 0.230 e. The topological polar surface area (TPSA) is 76.2 Å². The van der Waals surface area contributed by atoms with Crippen LogP contribution in [0.15, 0.2) is 52.2 Å². The Hall–Kier alpha value is -2.58. The molecular weight excluding hydrogens is 422 g/mol. The van der Waals surface area contributed by atoms with Gasteiger partial charge < -0.3 is 14.3 Å². The standard InChI is InChI=1S/C24H31N5O2S/c1-3-29-23(19-11-6-5-10-18(19)2)26-27-24(29)32-17-22(30)25-16-20(21-12-9-15-31-21)28-13-7-4-8-14-28/h5-6,9-12,15,20H,3-4,7-8,13-14,16-17H2,1-2H3,(H,25,30). The zero-order valence-corrected chi connectivity index (χ0v) is 19.6. The molecule has 3 heterocycles. The third-order valence-electron chi connectivity index (χ3n) is 5.95. The molecule has 1 amide bonds. The maximum absolute atomic E-state index is 12.7. The maximum Gasteiger partial charge on any atom is 0.230 e. The van der Waals surface area contributed by atoms with Crippen molar-refractivity contribution in [3.05, 3.63) is 54.0 Å². The second-order valence-electron chi connectivity index (χ2n) is 8.09. The van der Waals surface area contributed by atoms with E-state index in [0.717, 1.165) is 47.5 Å². The number of aromatic nitrogens is 3. The molecule has 1 aliphatic rings. The van der Waals surface area contributed by atoms with Crippen molar-refractivity contribution in [3.63, 3.8) is 0 Å². The normalized spacial score (nSPS) is 15.6. The minimum absolute atomic E-state index is 0.00772. The van der Waals surface area contributed by atoms with Crippen molar-refractivity contribution in [1.82, 2.24) is 25.0 Å². The fourth-order valence-corrected chi connectivity index (χ4v) is 5.05. The van der Waals surface area contributed by atoms with Gasteiger partial charge in [0.25, 0.3) is 0 Å². The third-order valence-corrected chi connectivity index (χ3v) is 6.91. The lowest BCUT2D eigenvalue weighted by Gasteiger charge is -2.33. The van der Waals surface area contributed by atoms with Gasteiger partial charge in [-0.05, 0) is 57.5 Å². The minimum Gasteiger partial charge on any atom is -0.468 e. The molecule has 170 valence electrons. The molecule has 1 atom stereocenters. The Labute approximate surface area is 193 Å². The third kappa shape index (κ3) is 5.24. The lowest BCUT2D eigenvalue weighted by molar-refractivity contribution is -0.118. The van der Waals surface area contributed by atoms with E-state index in [1.165, 1.54) is 31.0 Å². The predicted octanol–water partition coefficient (Wildman–Crippen LogP) is 4.30. The largest absolute Gasteiger partial charge is 0.468 e. The monoisotopic (exact) mass is 453 g/mol. The first-order valence-electron chi connectivity index (χ1n) is 11.3. The predicted molar refractivity (Wildman–Crippen MR) is 126 cm³/mol. The second kappa shape index (κ2) is 10.8. The molecule has 2 aromatic heterocycles. The van der Waals surface area contributed by atoms with Crippen LogP contribution in [0.25, 0.3) is 11.4 Å². The van der Waals surface area contributed by atoms with Gasteiger partial charge in [0.15, 0.2) is 11.0 Å². The van der Waals surface area contributed by atoms with Crippen molar-refractivity contribution < 1.29 is 9.21 Å². The van der Waals surface area contributed by atoms with Gasteiger partial charge in [0.1, 0.15) is 5.76 Å². The molecule has 4 rings (SSSR count). The van der Waals surface area contributed by atoms with E-state index in [1.54, 1.807) is 6.26 Å². The van der Waals surface area contributed by atoms with E-state index in [0.29, 0.717) is 12.3 Å². The minimum atomic E-state index is -0.00772. The van der Waals surface area contributed by atoms with Gasteiger partial charge in [-0.2, -0.15) is 0 Å². The Morgan fingerprint density at radius 3 is 2.69 bits per heavy atom. The Bertz CT molecular complexity index is 1010. The van der Waals surface area contributed by atoms with Crippen molar-refractivity contribution >= 4 is 17.7 Å². The average Bonchev–Trinajstić information content (AvgIpc) is 3.49. The molecule has 32 heavy (non-hydrogen) atoms. The van der Waals surface area contributed by atoms with Crippen LogP contribution in [0.2, 0.25) is 0 Å². The van der Waals surface area contributed by atoms with Gasteiger partial charge in [-0.1, -0.05) is 42.4 Å². The van der Waals surface area contributed by atoms with Crippen molar-refractivity contribution in [2.45, 2.75) is 50.9 Å². The molecule has 0 aliphatic carbocycles. The van der Waals surface area contributed by atoms with Gasteiger partial charge in [-0.25, -0.2) is 0 Å². The molecule has 1 aromatic carbocycles. The number of likely N-dealkylation sites (tertiary alicyclic amines) is 1. The van der Waals surface area contributed by atoms with Crippen LogP contribution in [0.1, 0.15) is 43.6 Å². The summed E-state index contributed by atoms with van der Waals surface area (Å²) in [4.78, 5) is 15.1. The van der Waals surface area contributed by atoms with Crippen LogP contribution in [0, 0.1) is 6.92 Å². The summed E-state index contributed by atoms with van der Waals surface area (Å²) in [5.74, 6) is 2.05. The van der Waals surface area contributed by atoms with Crippen molar-refractivity contribution in [2.24, 2.45) is 0 Å². The van der Waals surface area contributed by atoms with Crippen LogP contribution < -0.4 is 5.32 Å². The summed E-state index contributed by atoms with van der Waals surface area (Å²) in [6.07, 6.45) is 5.36. The van der Waals surface area contributed by atoms with E-state index in [4.69, 9.17) is 4.42 Å². The molecule has 1 fully saturated rings. The van der Waals surface area contributed by atoms with E-state index >= 15 is 0 Å². The highest BCUT2D eigenvalue weighted by atomic mass is 32.2. The molecule has 0 saturated carbocycles. The molecule has 3 aromatic rings. The zero-order valence-electron chi connectivity index (χ0n) is 18.8. The number of aryl methyl sites for hydroxylation is 1. The van der Waals surface area contributed by atoms with E-state index in [9.17, 15) is 4.79 Å². The number of amides is 1. The van der Waals surface area contributed by atoms with Crippen LogP contribution in [0.4, 0.5) is 0 Å². The average molecular weight is 454 g/mol. The highest BCUT2D eigenvalue weighted by molar-refractivity contribution is 7.99. The summed E-state index contributed by atoms with van der Waals surface area (Å²) in [6, 6.07) is 12.1. The quantitative estimate of drug-likeness (QED) is 0.487. The van der Waals surface area contributed by atoms with Crippen LogP contribution >= 0.6 is 11.8 Å². The lowest BCUT2D eigenvalue weighted by atomic mass is 10.1. The Kier molecular flexibility index (Phi) is 7.65. The number of carbonyl (C=O) groups excluding carboxylic acids is 1. The Morgan fingerprint density at radius 1 is 1.16 bits per heavy atom. The number of hydrogen-bond acceptors (Lipinski definition) is 6. The summed E-state index contributed by atoms with van der Waals surface area (Å²) in [7, 11) is 0. The summed E-state index contributed by atoms with van der Waals surface area (Å²) in [6.45, 7) is 7.51. The number of nitrogens with one attached hydrogen (secondary N) is 1. The van der Waals surface area contributed by atoms with E-state index < -0.39 is 0 Å². The van der Waals surface area contributed by atoms with Gasteiger partial charge >= 0.3 is 0 Å². The van der Waals surface area contributed by atoms with Gasteiger partial charge in [0.05, 0.1) is 18.1 Å². The van der Waals surface area contributed by atoms with Crippen molar-refractivity contribution in [3.8, 4) is 11.4 Å². The molecule has 0 radical (unpaired) electrons. The molecule has 1 unspecified atom stereocenters. The lowest BCUT2D eigenvalue weighted by Crippen LogP contribution is -2.40. The van der Waals surface area contributed by atoms with Gasteiger partial charge in [-0.3, -0.25) is 9.69 Å². The zero-order chi connectivity index (χ0) is 22.3. The van der Waals surface area contributed by atoms with Crippen molar-refractivity contribution in [1.29, 1.82) is 0 Å². The number of thioether (sulfide) groups is 1. The molecule has 0 spiro atoms.